The molecule has 100 valence electrons. The van der Waals surface area contributed by atoms with Gasteiger partial charge in [-0.15, -0.1) is 0 Å². The van der Waals surface area contributed by atoms with Gasteiger partial charge in [0.25, 0.3) is 0 Å². The monoisotopic (exact) mass is 258 g/mol. The van der Waals surface area contributed by atoms with Gasteiger partial charge in [0, 0.05) is 38.0 Å². The quantitative estimate of drug-likeness (QED) is 0.607. The number of hydrogen-bond acceptors (Lipinski definition) is 3. The van der Waals surface area contributed by atoms with Crippen LogP contribution in [0.5, 0.6) is 0 Å². The molecule has 1 aromatic carbocycles. The number of benzene rings is 1. The van der Waals surface area contributed by atoms with Crippen molar-refractivity contribution >= 4 is 5.84 Å². The summed E-state index contributed by atoms with van der Waals surface area (Å²) in [4.78, 5) is 4.32. The molecule has 2 aromatic rings. The molecule has 2 rings (SSSR count). The molecular weight excluding hydrogens is 240 g/mol. The Balaban J connectivity index is 2.14. The van der Waals surface area contributed by atoms with E-state index < -0.39 is 0 Å². The van der Waals surface area contributed by atoms with Crippen LogP contribution in [0.25, 0.3) is 0 Å². The van der Waals surface area contributed by atoms with Crippen LogP contribution in [-0.4, -0.2) is 29.1 Å². The van der Waals surface area contributed by atoms with Crippen molar-refractivity contribution in [2.24, 2.45) is 5.73 Å². The van der Waals surface area contributed by atoms with Gasteiger partial charge < -0.3 is 15.0 Å². The molecule has 0 atom stereocenters. The zero-order valence-electron chi connectivity index (χ0n) is 11.0. The van der Waals surface area contributed by atoms with E-state index in [1.54, 1.807) is 13.3 Å². The molecule has 0 unspecified atom stereocenters. The first-order chi connectivity index (χ1) is 9.20. The third-order valence-electron chi connectivity index (χ3n) is 2.92. The number of rotatable bonds is 6. The average molecular weight is 258 g/mol. The molecule has 1 aromatic heterocycles. The van der Waals surface area contributed by atoms with Crippen molar-refractivity contribution < 1.29 is 4.74 Å². The largest absolute Gasteiger partial charge is 0.384 e. The highest BCUT2D eigenvalue weighted by molar-refractivity contribution is 5.95. The third-order valence-corrected chi connectivity index (χ3v) is 2.92. The summed E-state index contributed by atoms with van der Waals surface area (Å²) in [6.45, 7) is 1.38. The highest BCUT2D eigenvalue weighted by atomic mass is 16.5. The minimum absolute atomic E-state index is 0.0899. The molecule has 0 aliphatic carbocycles. The second kappa shape index (κ2) is 6.15. The van der Waals surface area contributed by atoms with Crippen LogP contribution in [0.1, 0.15) is 17.0 Å². The molecule has 0 spiro atoms. The van der Waals surface area contributed by atoms with E-state index in [0.29, 0.717) is 6.61 Å². The fourth-order valence-electron chi connectivity index (χ4n) is 1.94. The van der Waals surface area contributed by atoms with E-state index in [4.69, 9.17) is 15.9 Å². The standard InChI is InChI=1S/C14H18N4O/c1-19-8-5-13-17-6-7-18(13)10-11-3-2-4-12(9-11)14(15)16/h2-4,6-7,9H,5,8,10H2,1H3,(H3,15,16). The second-order valence-corrected chi connectivity index (χ2v) is 4.33. The Hall–Kier alpha value is -2.14. The zero-order valence-corrected chi connectivity index (χ0v) is 11.0. The number of aromatic nitrogens is 2. The van der Waals surface area contributed by atoms with E-state index in [2.05, 4.69) is 9.55 Å². The smallest absolute Gasteiger partial charge is 0.122 e. The summed E-state index contributed by atoms with van der Waals surface area (Å²) in [6.07, 6.45) is 4.53. The molecule has 5 heteroatoms. The maximum atomic E-state index is 7.46. The Morgan fingerprint density at radius 1 is 1.47 bits per heavy atom. The van der Waals surface area contributed by atoms with Gasteiger partial charge in [-0.3, -0.25) is 5.41 Å². The first kappa shape index (κ1) is 13.3. The zero-order chi connectivity index (χ0) is 13.7. The Bertz CT molecular complexity index is 562. The van der Waals surface area contributed by atoms with E-state index in [-0.39, 0.29) is 5.84 Å². The van der Waals surface area contributed by atoms with Gasteiger partial charge in [0.2, 0.25) is 0 Å². The average Bonchev–Trinajstić information content (AvgIpc) is 2.84. The molecule has 1 heterocycles. The number of nitrogens with two attached hydrogens (primary N) is 1. The van der Waals surface area contributed by atoms with Crippen LogP contribution < -0.4 is 5.73 Å². The Morgan fingerprint density at radius 2 is 2.32 bits per heavy atom. The van der Waals surface area contributed by atoms with Crippen LogP contribution in [-0.2, 0) is 17.7 Å². The molecule has 0 aliphatic heterocycles. The van der Waals surface area contributed by atoms with Crippen molar-refractivity contribution in [2.75, 3.05) is 13.7 Å². The van der Waals surface area contributed by atoms with E-state index in [1.807, 2.05) is 30.5 Å². The summed E-state index contributed by atoms with van der Waals surface area (Å²) in [5.41, 5.74) is 7.35. The maximum absolute atomic E-state index is 7.46. The number of ether oxygens (including phenoxy) is 1. The molecule has 3 N–H and O–H groups in total. The summed E-state index contributed by atoms with van der Waals surface area (Å²) in [5, 5.41) is 7.46. The maximum Gasteiger partial charge on any atom is 0.122 e. The van der Waals surface area contributed by atoms with Gasteiger partial charge in [-0.1, -0.05) is 18.2 Å². The van der Waals surface area contributed by atoms with Crippen LogP contribution in [0, 0.1) is 5.41 Å². The Labute approximate surface area is 112 Å². The number of imidazole rings is 1. The van der Waals surface area contributed by atoms with Gasteiger partial charge >= 0.3 is 0 Å². The van der Waals surface area contributed by atoms with Crippen molar-refractivity contribution in [3.05, 3.63) is 53.6 Å². The number of amidine groups is 1. The molecule has 5 nitrogen and oxygen atoms in total. The Morgan fingerprint density at radius 3 is 3.05 bits per heavy atom. The lowest BCUT2D eigenvalue weighted by Crippen LogP contribution is -2.12. The van der Waals surface area contributed by atoms with Gasteiger partial charge in [0.1, 0.15) is 11.7 Å². The SMILES string of the molecule is COCCc1nccn1Cc1cccc(C(=N)N)c1. The highest BCUT2D eigenvalue weighted by Crippen LogP contribution is 2.09. The topological polar surface area (TPSA) is 76.9 Å². The fraction of sp³-hybridized carbons (Fsp3) is 0.286. The highest BCUT2D eigenvalue weighted by Gasteiger charge is 2.04. The van der Waals surface area contributed by atoms with Gasteiger partial charge in [0.05, 0.1) is 6.61 Å². The lowest BCUT2D eigenvalue weighted by Gasteiger charge is -2.09. The summed E-state index contributed by atoms with van der Waals surface area (Å²) >= 11 is 0. The van der Waals surface area contributed by atoms with Crippen molar-refractivity contribution in [1.82, 2.24) is 9.55 Å². The molecule has 0 aliphatic rings. The molecule has 0 bridgehead atoms. The second-order valence-electron chi connectivity index (χ2n) is 4.33. The number of nitrogens with zero attached hydrogens (tertiary/aromatic N) is 2. The van der Waals surface area contributed by atoms with Crippen molar-refractivity contribution in [2.45, 2.75) is 13.0 Å². The van der Waals surface area contributed by atoms with Crippen LogP contribution in [0.15, 0.2) is 36.7 Å². The van der Waals surface area contributed by atoms with E-state index in [9.17, 15) is 0 Å². The first-order valence-corrected chi connectivity index (χ1v) is 6.13. The number of hydrogen-bond donors (Lipinski definition) is 2. The van der Waals surface area contributed by atoms with E-state index in [1.165, 1.54) is 0 Å². The van der Waals surface area contributed by atoms with Gasteiger partial charge in [0.15, 0.2) is 0 Å². The molecule has 0 fully saturated rings. The van der Waals surface area contributed by atoms with E-state index >= 15 is 0 Å². The summed E-state index contributed by atoms with van der Waals surface area (Å²) in [5.74, 6) is 1.09. The van der Waals surface area contributed by atoms with Crippen LogP contribution in [0.4, 0.5) is 0 Å². The summed E-state index contributed by atoms with van der Waals surface area (Å²) in [7, 11) is 1.68. The third kappa shape index (κ3) is 3.42. The number of methoxy groups -OCH3 is 1. The molecular formula is C14H18N4O. The molecule has 0 radical (unpaired) electrons. The lowest BCUT2D eigenvalue weighted by molar-refractivity contribution is 0.199. The van der Waals surface area contributed by atoms with Crippen LogP contribution in [0.2, 0.25) is 0 Å². The molecule has 19 heavy (non-hydrogen) atoms. The van der Waals surface area contributed by atoms with Gasteiger partial charge in [-0.05, 0) is 11.6 Å². The van der Waals surface area contributed by atoms with E-state index in [0.717, 1.165) is 29.9 Å². The van der Waals surface area contributed by atoms with Gasteiger partial charge in [-0.2, -0.15) is 0 Å². The summed E-state index contributed by atoms with van der Waals surface area (Å²) in [6, 6.07) is 7.71. The Kier molecular flexibility index (Phi) is 4.30. The minimum Gasteiger partial charge on any atom is -0.384 e. The van der Waals surface area contributed by atoms with Crippen LogP contribution in [0.3, 0.4) is 0 Å². The number of nitrogens with one attached hydrogen (secondary N) is 1. The minimum atomic E-state index is 0.0899. The number of nitrogen functional groups attached to an aromatic ring is 1. The fourth-order valence-corrected chi connectivity index (χ4v) is 1.94. The summed E-state index contributed by atoms with van der Waals surface area (Å²) < 4.78 is 7.15. The predicted molar refractivity (Wildman–Crippen MR) is 74.4 cm³/mol. The van der Waals surface area contributed by atoms with Crippen molar-refractivity contribution in [1.29, 1.82) is 5.41 Å². The normalized spacial score (nSPS) is 10.6. The molecule has 0 saturated heterocycles. The molecule has 0 saturated carbocycles. The predicted octanol–water partition coefficient (Wildman–Crippen LogP) is 1.40. The molecule has 0 amide bonds. The lowest BCUT2D eigenvalue weighted by atomic mass is 10.1. The van der Waals surface area contributed by atoms with Crippen molar-refractivity contribution in [3.8, 4) is 0 Å². The van der Waals surface area contributed by atoms with Gasteiger partial charge in [-0.25, -0.2) is 4.98 Å². The first-order valence-electron chi connectivity index (χ1n) is 6.13. The van der Waals surface area contributed by atoms with Crippen molar-refractivity contribution in [3.63, 3.8) is 0 Å². The van der Waals surface area contributed by atoms with Crippen LogP contribution >= 0.6 is 0 Å².